The maximum atomic E-state index is 12.9. The average Bonchev–Trinajstić information content (AvgIpc) is 3.40. The van der Waals surface area contributed by atoms with Crippen LogP contribution >= 0.6 is 0 Å². The first-order chi connectivity index (χ1) is 16.6. The van der Waals surface area contributed by atoms with Gasteiger partial charge < -0.3 is 5.32 Å². The third kappa shape index (κ3) is 13.1. The minimum Gasteiger partial charge on any atom is -0.351 e. The van der Waals surface area contributed by atoms with Crippen molar-refractivity contribution >= 4 is 12.2 Å². The van der Waals surface area contributed by atoms with E-state index in [0.717, 1.165) is 32.5 Å². The molecule has 0 spiro atoms. The third-order valence-electron chi connectivity index (χ3n) is 8.04. The molecule has 4 heteroatoms. The Bertz CT molecular complexity index is 533. The van der Waals surface area contributed by atoms with Crippen molar-refractivity contribution in [2.75, 3.05) is 19.6 Å². The summed E-state index contributed by atoms with van der Waals surface area (Å²) in [6.07, 6.45) is 26.8. The van der Waals surface area contributed by atoms with Crippen molar-refractivity contribution < 1.29 is 9.37 Å². The first-order valence-electron chi connectivity index (χ1n) is 15.2. The Morgan fingerprint density at radius 3 is 1.88 bits per heavy atom. The Labute approximate surface area is 213 Å². The van der Waals surface area contributed by atoms with Gasteiger partial charge in [-0.2, -0.15) is 0 Å². The van der Waals surface area contributed by atoms with Crippen molar-refractivity contribution in [2.24, 2.45) is 5.92 Å². The van der Waals surface area contributed by atoms with Crippen LogP contribution in [-0.4, -0.2) is 42.0 Å². The van der Waals surface area contributed by atoms with Gasteiger partial charge in [-0.3, -0.25) is 14.7 Å². The van der Waals surface area contributed by atoms with Gasteiger partial charge in [0.2, 0.25) is 12.2 Å². The largest absolute Gasteiger partial charge is 0.351 e. The van der Waals surface area contributed by atoms with Gasteiger partial charge in [0, 0.05) is 5.92 Å². The van der Waals surface area contributed by atoms with E-state index in [9.17, 15) is 4.79 Å². The summed E-state index contributed by atoms with van der Waals surface area (Å²) in [4.78, 5) is 12.9. The maximum Gasteiger partial charge on any atom is 0.232 e. The van der Waals surface area contributed by atoms with E-state index in [-0.39, 0.29) is 17.4 Å². The fourth-order valence-electron chi connectivity index (χ4n) is 5.37. The maximum absolute atomic E-state index is 12.9. The summed E-state index contributed by atoms with van der Waals surface area (Å²) in [6.45, 7) is 11.8. The van der Waals surface area contributed by atoms with E-state index in [1.54, 1.807) is 0 Å². The van der Waals surface area contributed by atoms with Gasteiger partial charge in [-0.1, -0.05) is 124 Å². The quantitative estimate of drug-likeness (QED) is 0.117. The minimum atomic E-state index is 0.0551. The van der Waals surface area contributed by atoms with Crippen molar-refractivity contribution in [2.45, 2.75) is 155 Å². The van der Waals surface area contributed by atoms with Gasteiger partial charge in [0.25, 0.3) is 0 Å². The molecule has 2 unspecified atom stereocenters. The summed E-state index contributed by atoms with van der Waals surface area (Å²) < 4.78 is 2.48. The number of carbonyl (C=O) groups excluding carboxylic acids is 1. The number of carbonyl (C=O) groups is 1. The molecule has 0 radical (unpaired) electrons. The molecule has 34 heavy (non-hydrogen) atoms. The number of nitrogens with one attached hydrogen (secondary N) is 2. The predicted octanol–water partition coefficient (Wildman–Crippen LogP) is 7.59. The summed E-state index contributed by atoms with van der Waals surface area (Å²) >= 11 is 0. The lowest BCUT2D eigenvalue weighted by atomic mass is 9.87. The fourth-order valence-corrected chi connectivity index (χ4v) is 5.37. The molecule has 1 aliphatic rings. The Balaban J connectivity index is 2.37. The Kier molecular flexibility index (Phi) is 18.4. The smallest absolute Gasteiger partial charge is 0.232 e. The molecule has 1 heterocycles. The molecule has 0 aromatic rings. The fraction of sp³-hybridized carbons (Fsp3) is 0.933. The van der Waals surface area contributed by atoms with Gasteiger partial charge in [0.05, 0.1) is 6.54 Å². The van der Waals surface area contributed by atoms with Crippen LogP contribution in [-0.2, 0) is 4.79 Å². The van der Waals surface area contributed by atoms with Crippen LogP contribution < -0.4 is 10.6 Å². The lowest BCUT2D eigenvalue weighted by molar-refractivity contribution is -0.597. The number of amides is 1. The zero-order valence-electron chi connectivity index (χ0n) is 23.6. The van der Waals surface area contributed by atoms with E-state index >= 15 is 0 Å². The molecule has 0 aliphatic carbocycles. The molecule has 200 valence electrons. The van der Waals surface area contributed by atoms with E-state index in [4.69, 9.17) is 0 Å². The molecule has 0 bridgehead atoms. The number of hydrogen-bond acceptors (Lipinski definition) is 2. The van der Waals surface area contributed by atoms with Crippen LogP contribution in [0.5, 0.6) is 0 Å². The molecule has 1 amide bonds. The Morgan fingerprint density at radius 1 is 0.853 bits per heavy atom. The molecule has 0 saturated carbocycles. The van der Waals surface area contributed by atoms with Gasteiger partial charge in [0.15, 0.2) is 0 Å². The standard InChI is InChI=1S/C30H59N3O/c1-5-8-10-12-14-16-18-20-22-28(4)29(34)32-26-30(7-3,33-25-24-31-27-33)23-21-19-17-15-13-11-9-6-2/h27-28H,5-26H2,1-4H3,(H,32,34)/p+1. The topological polar surface area (TPSA) is 44.1 Å². The van der Waals surface area contributed by atoms with Crippen LogP contribution in [0.2, 0.25) is 0 Å². The highest BCUT2D eigenvalue weighted by molar-refractivity contribution is 5.78. The summed E-state index contributed by atoms with van der Waals surface area (Å²) in [7, 11) is 0. The molecule has 4 nitrogen and oxygen atoms in total. The van der Waals surface area contributed by atoms with Crippen LogP contribution in [0.3, 0.4) is 0 Å². The predicted molar refractivity (Wildman–Crippen MR) is 149 cm³/mol. The van der Waals surface area contributed by atoms with Crippen LogP contribution in [0, 0.1) is 5.92 Å². The van der Waals surface area contributed by atoms with Crippen LogP contribution in [0.1, 0.15) is 150 Å². The SMILES string of the molecule is CCCCCCCCCCC(C)C(=O)NCC(CC)(CCCCCCCCCC)[N+]1=CNCC1. The van der Waals surface area contributed by atoms with Gasteiger partial charge in [0.1, 0.15) is 18.6 Å². The van der Waals surface area contributed by atoms with E-state index in [2.05, 4.69) is 49.2 Å². The number of nitrogens with zero attached hydrogens (tertiary/aromatic N) is 1. The van der Waals surface area contributed by atoms with Gasteiger partial charge in [-0.15, -0.1) is 0 Å². The first-order valence-corrected chi connectivity index (χ1v) is 15.2. The van der Waals surface area contributed by atoms with Gasteiger partial charge in [-0.05, 0) is 25.7 Å². The zero-order valence-corrected chi connectivity index (χ0v) is 23.6. The van der Waals surface area contributed by atoms with Crippen molar-refractivity contribution in [1.29, 1.82) is 0 Å². The number of rotatable bonds is 23. The molecule has 0 fully saturated rings. The molecule has 0 saturated heterocycles. The van der Waals surface area contributed by atoms with Crippen molar-refractivity contribution in [3.63, 3.8) is 0 Å². The summed E-state index contributed by atoms with van der Waals surface area (Å²) in [5, 5.41) is 6.77. The van der Waals surface area contributed by atoms with Crippen LogP contribution in [0.25, 0.3) is 0 Å². The van der Waals surface area contributed by atoms with Gasteiger partial charge >= 0.3 is 0 Å². The third-order valence-corrected chi connectivity index (χ3v) is 8.04. The molecule has 0 aromatic carbocycles. The van der Waals surface area contributed by atoms with Crippen molar-refractivity contribution in [1.82, 2.24) is 10.6 Å². The van der Waals surface area contributed by atoms with E-state index in [1.165, 1.54) is 109 Å². The monoisotopic (exact) mass is 478 g/mol. The zero-order chi connectivity index (χ0) is 24.9. The second-order valence-electron chi connectivity index (χ2n) is 11.0. The molecule has 0 aromatic heterocycles. The summed E-state index contributed by atoms with van der Waals surface area (Å²) in [5.74, 6) is 0.377. The molecule has 1 rings (SSSR count). The van der Waals surface area contributed by atoms with E-state index in [0.29, 0.717) is 0 Å². The van der Waals surface area contributed by atoms with Crippen molar-refractivity contribution in [3.05, 3.63) is 0 Å². The van der Waals surface area contributed by atoms with Gasteiger partial charge in [-0.25, -0.2) is 0 Å². The lowest BCUT2D eigenvalue weighted by Crippen LogP contribution is -2.51. The highest BCUT2D eigenvalue weighted by atomic mass is 16.1. The number of hydrogen-bond donors (Lipinski definition) is 2. The Hall–Kier alpha value is -1.06. The molecular weight excluding hydrogens is 418 g/mol. The van der Waals surface area contributed by atoms with Crippen LogP contribution in [0.4, 0.5) is 0 Å². The number of unbranched alkanes of at least 4 members (excludes halogenated alkanes) is 14. The average molecular weight is 479 g/mol. The highest BCUT2D eigenvalue weighted by Crippen LogP contribution is 2.25. The second kappa shape index (κ2) is 20.2. The lowest BCUT2D eigenvalue weighted by Gasteiger charge is -2.33. The second-order valence-corrected chi connectivity index (χ2v) is 11.0. The minimum absolute atomic E-state index is 0.0551. The highest BCUT2D eigenvalue weighted by Gasteiger charge is 2.37. The van der Waals surface area contributed by atoms with E-state index in [1.807, 2.05) is 0 Å². The normalized spacial score (nSPS) is 16.1. The van der Waals surface area contributed by atoms with Crippen molar-refractivity contribution in [3.8, 4) is 0 Å². The molecule has 2 atom stereocenters. The molecule has 1 aliphatic heterocycles. The summed E-state index contributed by atoms with van der Waals surface area (Å²) in [5.41, 5.74) is 0.0551. The van der Waals surface area contributed by atoms with E-state index < -0.39 is 0 Å². The molecular formula is C30H60N3O+. The Morgan fingerprint density at radius 2 is 1.38 bits per heavy atom. The van der Waals surface area contributed by atoms with Crippen LogP contribution in [0.15, 0.2) is 0 Å². The first kappa shape index (κ1) is 31.0. The summed E-state index contributed by atoms with van der Waals surface area (Å²) in [6, 6.07) is 0. The molecule has 2 N–H and O–H groups in total.